The summed E-state index contributed by atoms with van der Waals surface area (Å²) in [6.07, 6.45) is 6.61. The minimum atomic E-state index is -2.04. The highest BCUT2D eigenvalue weighted by Crippen LogP contribution is 2.47. The predicted molar refractivity (Wildman–Crippen MR) is 186 cm³/mol. The summed E-state index contributed by atoms with van der Waals surface area (Å²) in [5, 5.41) is 0. The topological polar surface area (TPSA) is 56.3 Å². The fourth-order valence-electron chi connectivity index (χ4n) is 9.06. The van der Waals surface area contributed by atoms with E-state index in [0.717, 1.165) is 48.9 Å². The molecular formula is C39H54F2N4O3. The molecular weight excluding hydrogens is 610 g/mol. The van der Waals surface area contributed by atoms with Crippen molar-refractivity contribution in [3.8, 4) is 5.75 Å². The predicted octanol–water partition coefficient (Wildman–Crippen LogP) is 6.48. The zero-order chi connectivity index (χ0) is 34.2. The number of hydrogen-bond acceptors (Lipinski definition) is 5. The van der Waals surface area contributed by atoms with E-state index in [1.54, 1.807) is 37.1 Å². The molecule has 3 heterocycles. The number of anilines is 1. The number of piperidine rings is 1. The minimum Gasteiger partial charge on any atom is -0.497 e. The Morgan fingerprint density at radius 3 is 2.27 bits per heavy atom. The second-order valence-electron chi connectivity index (χ2n) is 15.2. The summed E-state index contributed by atoms with van der Waals surface area (Å²) in [6, 6.07) is 12.8. The van der Waals surface area contributed by atoms with Crippen LogP contribution in [0.2, 0.25) is 0 Å². The van der Waals surface area contributed by atoms with Crippen molar-refractivity contribution in [1.82, 2.24) is 14.7 Å². The number of carbonyl (C=O) groups is 2. The van der Waals surface area contributed by atoms with Crippen LogP contribution in [-0.2, 0) is 9.59 Å². The maximum atomic E-state index is 17.8. The lowest BCUT2D eigenvalue weighted by atomic mass is 9.85. The fourth-order valence-corrected chi connectivity index (χ4v) is 9.06. The quantitative estimate of drug-likeness (QED) is 0.324. The number of nitrogens with zero attached hydrogens (tertiary/aromatic N) is 4. The molecule has 0 N–H and O–H groups in total. The third-order valence-corrected chi connectivity index (χ3v) is 12.0. The molecule has 9 heteroatoms. The molecule has 0 radical (unpaired) electrons. The van der Waals surface area contributed by atoms with E-state index in [4.69, 9.17) is 4.74 Å². The monoisotopic (exact) mass is 664 g/mol. The number of carbonyl (C=O) groups excluding carboxylic acids is 2. The lowest BCUT2D eigenvalue weighted by molar-refractivity contribution is -0.143. The largest absolute Gasteiger partial charge is 0.497 e. The van der Waals surface area contributed by atoms with Crippen LogP contribution in [0.1, 0.15) is 81.8 Å². The number of likely N-dealkylation sites (tertiary alicyclic amines) is 2. The van der Waals surface area contributed by atoms with E-state index in [2.05, 4.69) is 23.6 Å². The second-order valence-corrected chi connectivity index (χ2v) is 15.2. The van der Waals surface area contributed by atoms with Crippen LogP contribution in [0.3, 0.4) is 0 Å². The number of methoxy groups -OCH3 is 1. The standard InChI is InChI=1S/C39H54F2N4O3/c1-6-27-22-44(23-34(27)33-16-11-30(40)21-36(33)43-19-17-29(18-20-43)37(46)42(3)4)38(47)39(41)25-45(31-12-7-26(2)8-13-31)24-35(39)28-9-14-32(48-5)15-10-28/h9-11,14-16,21,26-27,29,31,34-35H,6-8,12-13,17-20,22-25H2,1-5H3/t26-,27-,31-,34-,35-,39-/m0/s1. The van der Waals surface area contributed by atoms with Crippen LogP contribution in [-0.4, -0.2) is 98.7 Å². The molecule has 7 nitrogen and oxygen atoms in total. The minimum absolute atomic E-state index is 0.0291. The highest BCUT2D eigenvalue weighted by molar-refractivity contribution is 5.88. The molecule has 1 aliphatic carbocycles. The van der Waals surface area contributed by atoms with Crippen molar-refractivity contribution < 1.29 is 23.1 Å². The van der Waals surface area contributed by atoms with Crippen LogP contribution in [0.25, 0.3) is 0 Å². The molecule has 4 fully saturated rings. The van der Waals surface area contributed by atoms with Gasteiger partial charge < -0.3 is 19.4 Å². The molecule has 0 aromatic heterocycles. The van der Waals surface area contributed by atoms with Gasteiger partial charge in [-0.15, -0.1) is 0 Å². The van der Waals surface area contributed by atoms with Crippen LogP contribution in [0, 0.1) is 23.6 Å². The molecule has 262 valence electrons. The van der Waals surface area contributed by atoms with Gasteiger partial charge in [-0.3, -0.25) is 14.5 Å². The third kappa shape index (κ3) is 6.81. The fraction of sp³-hybridized carbons (Fsp3) is 0.641. The van der Waals surface area contributed by atoms with Crippen LogP contribution in [0.5, 0.6) is 5.75 Å². The molecule has 2 aromatic carbocycles. The summed E-state index contributed by atoms with van der Waals surface area (Å²) in [7, 11) is 5.20. The smallest absolute Gasteiger partial charge is 0.262 e. The maximum absolute atomic E-state index is 17.8. The lowest BCUT2D eigenvalue weighted by Crippen LogP contribution is -2.50. The Balaban J connectivity index is 1.25. The van der Waals surface area contributed by atoms with Gasteiger partial charge in [0.2, 0.25) is 11.6 Å². The first-order chi connectivity index (χ1) is 23.0. The van der Waals surface area contributed by atoms with Crippen molar-refractivity contribution in [2.45, 2.75) is 82.3 Å². The molecule has 1 saturated carbocycles. The van der Waals surface area contributed by atoms with Crippen molar-refractivity contribution in [1.29, 1.82) is 0 Å². The highest BCUT2D eigenvalue weighted by atomic mass is 19.1. The van der Waals surface area contributed by atoms with E-state index in [0.29, 0.717) is 63.3 Å². The molecule has 2 amide bonds. The van der Waals surface area contributed by atoms with Crippen molar-refractivity contribution >= 4 is 17.5 Å². The van der Waals surface area contributed by atoms with Crippen molar-refractivity contribution in [3.63, 3.8) is 0 Å². The van der Waals surface area contributed by atoms with Crippen LogP contribution in [0.4, 0.5) is 14.5 Å². The van der Waals surface area contributed by atoms with Crippen molar-refractivity contribution in [3.05, 3.63) is 59.4 Å². The Kier molecular flexibility index (Phi) is 10.4. The Morgan fingerprint density at radius 1 is 0.958 bits per heavy atom. The first-order valence-corrected chi connectivity index (χ1v) is 18.1. The molecule has 0 unspecified atom stereocenters. The Bertz CT molecular complexity index is 1440. The lowest BCUT2D eigenvalue weighted by Gasteiger charge is -2.36. The molecule has 0 spiro atoms. The van der Waals surface area contributed by atoms with Crippen LogP contribution >= 0.6 is 0 Å². The zero-order valence-electron chi connectivity index (χ0n) is 29.5. The van der Waals surface area contributed by atoms with Crippen molar-refractivity contribution in [2.75, 3.05) is 65.4 Å². The average molecular weight is 665 g/mol. The van der Waals surface area contributed by atoms with E-state index >= 15 is 4.39 Å². The number of ether oxygens (including phenoxy) is 1. The Hall–Kier alpha value is -3.20. The molecule has 4 atom stereocenters. The zero-order valence-corrected chi connectivity index (χ0v) is 29.5. The summed E-state index contributed by atoms with van der Waals surface area (Å²) < 4.78 is 37.9. The summed E-state index contributed by atoms with van der Waals surface area (Å²) in [6.45, 7) is 7.28. The normalized spacial score (nSPS) is 30.1. The summed E-state index contributed by atoms with van der Waals surface area (Å²) in [4.78, 5) is 35.1. The van der Waals surface area contributed by atoms with E-state index < -0.39 is 17.5 Å². The van der Waals surface area contributed by atoms with Crippen LogP contribution < -0.4 is 9.64 Å². The number of amides is 2. The van der Waals surface area contributed by atoms with Gasteiger partial charge in [0.1, 0.15) is 11.6 Å². The molecule has 6 rings (SSSR count). The second kappa shape index (κ2) is 14.3. The van der Waals surface area contributed by atoms with Gasteiger partial charge in [-0.25, -0.2) is 8.78 Å². The number of alkyl halides is 1. The van der Waals surface area contributed by atoms with Gasteiger partial charge in [0.15, 0.2) is 0 Å². The number of halogens is 2. The van der Waals surface area contributed by atoms with Gasteiger partial charge in [0.05, 0.1) is 7.11 Å². The van der Waals surface area contributed by atoms with E-state index in [1.165, 1.54) is 6.07 Å². The molecule has 3 saturated heterocycles. The molecule has 2 aromatic rings. The highest BCUT2D eigenvalue weighted by Gasteiger charge is 2.57. The van der Waals surface area contributed by atoms with Crippen molar-refractivity contribution in [2.24, 2.45) is 17.8 Å². The van der Waals surface area contributed by atoms with Gasteiger partial charge in [-0.05, 0) is 85.8 Å². The maximum Gasteiger partial charge on any atom is 0.262 e. The Labute approximate surface area is 285 Å². The third-order valence-electron chi connectivity index (χ3n) is 12.0. The summed E-state index contributed by atoms with van der Waals surface area (Å²) >= 11 is 0. The SMILES string of the molecule is CC[C@H]1CN(C(=O)[C@]2(F)CN([C@H]3CC[C@H](C)CC3)C[C@H]2c2ccc(OC)cc2)C[C@@H]1c1ccc(F)cc1N1CCC(C(=O)N(C)C)CC1. The number of benzene rings is 2. The molecule has 0 bridgehead atoms. The van der Waals surface area contributed by atoms with Gasteiger partial charge in [0.25, 0.3) is 5.91 Å². The molecule has 4 aliphatic rings. The summed E-state index contributed by atoms with van der Waals surface area (Å²) in [5.41, 5.74) is 0.642. The number of hydrogen-bond donors (Lipinski definition) is 0. The molecule has 3 aliphatic heterocycles. The molecule has 48 heavy (non-hydrogen) atoms. The van der Waals surface area contributed by atoms with Gasteiger partial charge in [-0.2, -0.15) is 0 Å². The Morgan fingerprint density at radius 2 is 1.65 bits per heavy atom. The number of rotatable bonds is 8. The van der Waals surface area contributed by atoms with Gasteiger partial charge in [-0.1, -0.05) is 38.5 Å². The first-order valence-electron chi connectivity index (χ1n) is 18.1. The average Bonchev–Trinajstić information content (AvgIpc) is 3.70. The van der Waals surface area contributed by atoms with E-state index in [-0.39, 0.29) is 36.0 Å². The van der Waals surface area contributed by atoms with Gasteiger partial charge in [0, 0.05) is 82.8 Å². The van der Waals surface area contributed by atoms with E-state index in [1.807, 2.05) is 30.3 Å². The van der Waals surface area contributed by atoms with Gasteiger partial charge >= 0.3 is 0 Å². The van der Waals surface area contributed by atoms with Crippen LogP contribution in [0.15, 0.2) is 42.5 Å². The summed E-state index contributed by atoms with van der Waals surface area (Å²) in [5.74, 6) is 0.330. The van der Waals surface area contributed by atoms with E-state index in [9.17, 15) is 14.0 Å². The first kappa shape index (κ1) is 34.7.